The van der Waals surface area contributed by atoms with Gasteiger partial charge in [0.15, 0.2) is 5.78 Å². The molecule has 0 bridgehead atoms. The molecule has 1 fully saturated rings. The van der Waals surface area contributed by atoms with Crippen LogP contribution >= 0.6 is 0 Å². The number of nitrogens with zero attached hydrogens (tertiary/aromatic N) is 3. The molecule has 0 aliphatic carbocycles. The van der Waals surface area contributed by atoms with Gasteiger partial charge in [0.05, 0.1) is 6.54 Å². The van der Waals surface area contributed by atoms with Crippen molar-refractivity contribution in [2.45, 2.75) is 26.3 Å². The molecule has 5 heteroatoms. The van der Waals surface area contributed by atoms with Crippen LogP contribution in [0.3, 0.4) is 0 Å². The van der Waals surface area contributed by atoms with Gasteiger partial charge in [0.2, 0.25) is 11.7 Å². The Kier molecular flexibility index (Phi) is 5.12. The van der Waals surface area contributed by atoms with E-state index in [1.807, 2.05) is 54.6 Å². The molecule has 1 aromatic heterocycles. The van der Waals surface area contributed by atoms with E-state index in [2.05, 4.69) is 22.0 Å². The van der Waals surface area contributed by atoms with Crippen molar-refractivity contribution >= 4 is 5.78 Å². The zero-order valence-electron chi connectivity index (χ0n) is 15.5. The number of hydrogen-bond donors (Lipinski definition) is 0. The zero-order chi connectivity index (χ0) is 18.6. The first-order valence-electron chi connectivity index (χ1n) is 9.40. The van der Waals surface area contributed by atoms with E-state index in [1.165, 1.54) is 5.56 Å². The number of rotatable bonds is 5. The Labute approximate surface area is 159 Å². The minimum Gasteiger partial charge on any atom is -0.338 e. The number of carbonyl (C=O) groups is 1. The first-order chi connectivity index (χ1) is 13.2. The van der Waals surface area contributed by atoms with Crippen LogP contribution in [0.4, 0.5) is 0 Å². The molecule has 0 spiro atoms. The van der Waals surface area contributed by atoms with Crippen LogP contribution in [0.1, 0.15) is 34.7 Å². The maximum Gasteiger partial charge on any atom is 0.241 e. The van der Waals surface area contributed by atoms with Gasteiger partial charge in [-0.2, -0.15) is 4.98 Å². The van der Waals surface area contributed by atoms with E-state index in [9.17, 15) is 4.79 Å². The van der Waals surface area contributed by atoms with E-state index >= 15 is 0 Å². The molecule has 0 amide bonds. The molecule has 1 aliphatic rings. The SMILES string of the molecule is Cc1ccc(-c2noc(CN3CCCC(C(=O)c4ccccc4)C3)n2)cc1. The minimum atomic E-state index is 0.0284. The molecular formula is C22H23N3O2. The van der Waals surface area contributed by atoms with Gasteiger partial charge in [-0.05, 0) is 26.3 Å². The topological polar surface area (TPSA) is 59.2 Å². The lowest BCUT2D eigenvalue weighted by atomic mass is 9.90. The van der Waals surface area contributed by atoms with Crippen LogP contribution in [-0.4, -0.2) is 33.9 Å². The van der Waals surface area contributed by atoms with Crippen LogP contribution in [0.2, 0.25) is 0 Å². The highest BCUT2D eigenvalue weighted by Gasteiger charge is 2.27. The lowest BCUT2D eigenvalue weighted by Crippen LogP contribution is -2.38. The highest BCUT2D eigenvalue weighted by atomic mass is 16.5. The summed E-state index contributed by atoms with van der Waals surface area (Å²) in [4.78, 5) is 19.5. The van der Waals surface area contributed by atoms with Gasteiger partial charge in [0, 0.05) is 23.6 Å². The Hall–Kier alpha value is -2.79. The van der Waals surface area contributed by atoms with Gasteiger partial charge in [-0.3, -0.25) is 9.69 Å². The van der Waals surface area contributed by atoms with E-state index < -0.39 is 0 Å². The van der Waals surface area contributed by atoms with Crippen molar-refractivity contribution in [3.63, 3.8) is 0 Å². The molecule has 4 rings (SSSR count). The Balaban J connectivity index is 1.41. The molecule has 1 saturated heterocycles. The quantitative estimate of drug-likeness (QED) is 0.639. The van der Waals surface area contributed by atoms with Crippen LogP contribution in [-0.2, 0) is 6.54 Å². The molecule has 3 aromatic rings. The molecule has 1 atom stereocenters. The Bertz CT molecular complexity index is 903. The van der Waals surface area contributed by atoms with Gasteiger partial charge in [-0.15, -0.1) is 0 Å². The van der Waals surface area contributed by atoms with Crippen molar-refractivity contribution in [2.75, 3.05) is 13.1 Å². The summed E-state index contributed by atoms with van der Waals surface area (Å²) in [6.07, 6.45) is 1.94. The number of hydrogen-bond acceptors (Lipinski definition) is 5. The Morgan fingerprint density at radius 3 is 2.70 bits per heavy atom. The summed E-state index contributed by atoms with van der Waals surface area (Å²) in [5.41, 5.74) is 2.94. The van der Waals surface area contributed by atoms with Gasteiger partial charge >= 0.3 is 0 Å². The van der Waals surface area contributed by atoms with Gasteiger partial charge in [0.25, 0.3) is 0 Å². The average molecular weight is 361 g/mol. The second kappa shape index (κ2) is 7.84. The average Bonchev–Trinajstić information content (AvgIpc) is 3.17. The van der Waals surface area contributed by atoms with Crippen molar-refractivity contribution in [3.05, 3.63) is 71.6 Å². The minimum absolute atomic E-state index is 0.0284. The normalized spacial score (nSPS) is 17.7. The summed E-state index contributed by atoms with van der Waals surface area (Å²) in [6.45, 7) is 4.31. The third-order valence-electron chi connectivity index (χ3n) is 5.07. The van der Waals surface area contributed by atoms with Crippen molar-refractivity contribution in [1.29, 1.82) is 0 Å². The standard InChI is InChI=1S/C22H23N3O2/c1-16-9-11-18(12-10-16)22-23-20(27-24-22)15-25-13-5-8-19(14-25)21(26)17-6-3-2-4-7-17/h2-4,6-7,9-12,19H,5,8,13-15H2,1H3. The number of aryl methyl sites for hydroxylation is 1. The Morgan fingerprint density at radius 2 is 1.93 bits per heavy atom. The van der Waals surface area contributed by atoms with Crippen LogP contribution in [0, 0.1) is 12.8 Å². The molecule has 138 valence electrons. The van der Waals surface area contributed by atoms with E-state index in [0.717, 1.165) is 37.1 Å². The maximum atomic E-state index is 12.7. The number of piperidine rings is 1. The fourth-order valence-corrected chi connectivity index (χ4v) is 3.58. The predicted molar refractivity (Wildman–Crippen MR) is 103 cm³/mol. The maximum absolute atomic E-state index is 12.7. The van der Waals surface area contributed by atoms with E-state index in [4.69, 9.17) is 4.52 Å². The number of Topliss-reactive ketones (excluding diaryl/α,β-unsaturated/α-hetero) is 1. The number of carbonyl (C=O) groups excluding carboxylic acids is 1. The van der Waals surface area contributed by atoms with Crippen LogP contribution < -0.4 is 0 Å². The summed E-state index contributed by atoms with van der Waals surface area (Å²) >= 11 is 0. The highest BCUT2D eigenvalue weighted by Crippen LogP contribution is 2.23. The van der Waals surface area contributed by atoms with Gasteiger partial charge < -0.3 is 4.52 Å². The van der Waals surface area contributed by atoms with Crippen molar-refractivity contribution in [3.8, 4) is 11.4 Å². The summed E-state index contributed by atoms with van der Waals surface area (Å²) in [5.74, 6) is 1.46. The van der Waals surface area contributed by atoms with Gasteiger partial charge in [-0.1, -0.05) is 65.3 Å². The molecule has 0 N–H and O–H groups in total. The molecule has 1 unspecified atom stereocenters. The van der Waals surface area contributed by atoms with Crippen molar-refractivity contribution in [2.24, 2.45) is 5.92 Å². The molecule has 27 heavy (non-hydrogen) atoms. The Morgan fingerprint density at radius 1 is 1.15 bits per heavy atom. The van der Waals surface area contributed by atoms with E-state index in [0.29, 0.717) is 18.3 Å². The lowest BCUT2D eigenvalue weighted by molar-refractivity contribution is 0.0797. The number of benzene rings is 2. The molecule has 2 heterocycles. The second-order valence-electron chi connectivity index (χ2n) is 7.18. The predicted octanol–water partition coefficient (Wildman–Crippen LogP) is 4.14. The van der Waals surface area contributed by atoms with Crippen molar-refractivity contribution < 1.29 is 9.32 Å². The van der Waals surface area contributed by atoms with Crippen LogP contribution in [0.25, 0.3) is 11.4 Å². The highest BCUT2D eigenvalue weighted by molar-refractivity contribution is 5.98. The molecule has 5 nitrogen and oxygen atoms in total. The summed E-state index contributed by atoms with van der Waals surface area (Å²) in [5, 5.41) is 4.10. The zero-order valence-corrected chi connectivity index (χ0v) is 15.5. The lowest BCUT2D eigenvalue weighted by Gasteiger charge is -2.30. The first-order valence-corrected chi connectivity index (χ1v) is 9.40. The van der Waals surface area contributed by atoms with Gasteiger partial charge in [0.1, 0.15) is 0 Å². The second-order valence-corrected chi connectivity index (χ2v) is 7.18. The number of ketones is 1. The first kappa shape index (κ1) is 17.6. The number of likely N-dealkylation sites (tertiary alicyclic amines) is 1. The fourth-order valence-electron chi connectivity index (χ4n) is 3.58. The summed E-state index contributed by atoms with van der Waals surface area (Å²) in [7, 11) is 0. The van der Waals surface area contributed by atoms with Crippen LogP contribution in [0.5, 0.6) is 0 Å². The monoisotopic (exact) mass is 361 g/mol. The van der Waals surface area contributed by atoms with Crippen LogP contribution in [0.15, 0.2) is 59.1 Å². The largest absolute Gasteiger partial charge is 0.338 e. The van der Waals surface area contributed by atoms with Crippen molar-refractivity contribution in [1.82, 2.24) is 15.0 Å². The molecular weight excluding hydrogens is 338 g/mol. The summed E-state index contributed by atoms with van der Waals surface area (Å²) < 4.78 is 5.44. The molecule has 1 aliphatic heterocycles. The summed E-state index contributed by atoms with van der Waals surface area (Å²) in [6, 6.07) is 17.6. The molecule has 0 radical (unpaired) electrons. The van der Waals surface area contributed by atoms with E-state index in [-0.39, 0.29) is 11.7 Å². The fraction of sp³-hybridized carbons (Fsp3) is 0.318. The molecule has 2 aromatic carbocycles. The third-order valence-corrected chi connectivity index (χ3v) is 5.07. The third kappa shape index (κ3) is 4.14. The number of aromatic nitrogens is 2. The van der Waals surface area contributed by atoms with Gasteiger partial charge in [-0.25, -0.2) is 0 Å². The molecule has 0 saturated carbocycles. The smallest absolute Gasteiger partial charge is 0.241 e. The van der Waals surface area contributed by atoms with E-state index in [1.54, 1.807) is 0 Å².